The van der Waals surface area contributed by atoms with Crippen LogP contribution in [0.3, 0.4) is 0 Å². The Hall–Kier alpha value is -6.48. The van der Waals surface area contributed by atoms with Crippen molar-refractivity contribution in [3.05, 3.63) is 113 Å². The summed E-state index contributed by atoms with van der Waals surface area (Å²) in [6.07, 6.45) is 10.8. The molecule has 2 atom stereocenters. The average Bonchev–Trinajstić information content (AvgIpc) is 3.92. The molecule has 7 rings (SSSR count). The molecule has 0 saturated carbocycles. The molecule has 65 heavy (non-hydrogen) atoms. The molecule has 0 aromatic heterocycles. The van der Waals surface area contributed by atoms with Gasteiger partial charge in [-0.3, -0.25) is 30.8 Å². The van der Waals surface area contributed by atoms with E-state index in [1.807, 2.05) is 75.8 Å². The van der Waals surface area contributed by atoms with Gasteiger partial charge in [-0.2, -0.15) is 0 Å². The van der Waals surface area contributed by atoms with E-state index < -0.39 is 5.60 Å². The normalized spacial score (nSPS) is 17.1. The van der Waals surface area contributed by atoms with Crippen molar-refractivity contribution in [3.8, 4) is 28.7 Å². The van der Waals surface area contributed by atoms with E-state index in [0.717, 1.165) is 52.0 Å². The standard InChI is InChI=1S/C51H60N6O8/c1-33-22-45(61-7)47(26-43(33)53-28-39-23-36(30-56(39)32-58)35-12-16-41(60-6)17-13-35)63-19-9-20-64-48-27-44-42(25-46(48)62-8)49(59)57-31-37(24-40(57)29-54-44)34-10-14-38(15-11-34)51(4,5)65-21-18-50(2,3)55-52/h10-17,22,25-32,39-40,55H,9,18-21,23-24,52H2,1-8H3. The van der Waals surface area contributed by atoms with Gasteiger partial charge in [-0.05, 0) is 98.7 Å². The summed E-state index contributed by atoms with van der Waals surface area (Å²) >= 11 is 0. The number of nitrogens with zero attached hydrogens (tertiary/aromatic N) is 4. The molecule has 2 amide bonds. The number of hydrazine groups is 1. The maximum absolute atomic E-state index is 14.0. The molecule has 0 spiro atoms. The van der Waals surface area contributed by atoms with Gasteiger partial charge < -0.3 is 38.2 Å². The van der Waals surface area contributed by atoms with Crippen molar-refractivity contribution in [1.29, 1.82) is 0 Å². The lowest BCUT2D eigenvalue weighted by Crippen LogP contribution is -2.45. The first-order valence-corrected chi connectivity index (χ1v) is 21.8. The van der Waals surface area contributed by atoms with Gasteiger partial charge in [-0.1, -0.05) is 36.4 Å². The van der Waals surface area contributed by atoms with Crippen LogP contribution in [0.15, 0.2) is 95.2 Å². The van der Waals surface area contributed by atoms with E-state index in [-0.39, 0.29) is 23.5 Å². The number of amides is 2. The molecule has 14 heteroatoms. The summed E-state index contributed by atoms with van der Waals surface area (Å²) in [5.74, 6) is 8.31. The van der Waals surface area contributed by atoms with Crippen LogP contribution in [0, 0.1) is 6.92 Å². The number of carbonyl (C=O) groups is 2. The molecule has 0 radical (unpaired) electrons. The molecule has 342 valence electrons. The van der Waals surface area contributed by atoms with Crippen LogP contribution in [-0.4, -0.2) is 93.3 Å². The van der Waals surface area contributed by atoms with Gasteiger partial charge in [0.1, 0.15) is 5.75 Å². The zero-order valence-corrected chi connectivity index (χ0v) is 38.6. The number of nitrogens with two attached hydrogens (primary N) is 1. The minimum atomic E-state index is -0.483. The molecule has 3 aliphatic heterocycles. The van der Waals surface area contributed by atoms with Gasteiger partial charge >= 0.3 is 0 Å². The fourth-order valence-electron chi connectivity index (χ4n) is 7.92. The molecular weight excluding hydrogens is 825 g/mol. The molecule has 0 aliphatic carbocycles. The van der Waals surface area contributed by atoms with Crippen LogP contribution in [0.4, 0.5) is 11.4 Å². The quantitative estimate of drug-likeness (QED) is 0.0289. The van der Waals surface area contributed by atoms with E-state index in [4.69, 9.17) is 44.2 Å². The molecule has 0 bridgehead atoms. The monoisotopic (exact) mass is 884 g/mol. The lowest BCUT2D eigenvalue weighted by molar-refractivity contribution is -0.116. The molecule has 4 aromatic rings. The fraction of sp³-hybridized carbons (Fsp3) is 0.373. The Bertz CT molecular complexity index is 2480. The summed E-state index contributed by atoms with van der Waals surface area (Å²) in [5.41, 5.74) is 9.89. The maximum Gasteiger partial charge on any atom is 0.260 e. The molecule has 3 aliphatic rings. The Labute approximate surface area is 381 Å². The van der Waals surface area contributed by atoms with Crippen molar-refractivity contribution in [2.75, 3.05) is 41.2 Å². The van der Waals surface area contributed by atoms with Crippen LogP contribution in [0.1, 0.15) is 86.0 Å². The van der Waals surface area contributed by atoms with Crippen molar-refractivity contribution in [2.24, 2.45) is 15.8 Å². The van der Waals surface area contributed by atoms with Gasteiger partial charge in [0.15, 0.2) is 23.0 Å². The molecule has 3 heterocycles. The van der Waals surface area contributed by atoms with Crippen molar-refractivity contribution in [2.45, 2.75) is 83.5 Å². The highest BCUT2D eigenvalue weighted by Gasteiger charge is 2.34. The number of carbonyl (C=O) groups excluding carboxylic acids is 2. The number of hydrogen-bond donors (Lipinski definition) is 2. The Morgan fingerprint density at radius 1 is 0.815 bits per heavy atom. The Morgan fingerprint density at radius 3 is 2.11 bits per heavy atom. The smallest absolute Gasteiger partial charge is 0.260 e. The average molecular weight is 885 g/mol. The van der Waals surface area contributed by atoms with E-state index >= 15 is 0 Å². The molecule has 0 saturated heterocycles. The zero-order chi connectivity index (χ0) is 46.3. The Balaban J connectivity index is 0.947. The van der Waals surface area contributed by atoms with Crippen LogP contribution < -0.4 is 35.0 Å². The van der Waals surface area contributed by atoms with Crippen LogP contribution in [0.25, 0.3) is 11.1 Å². The van der Waals surface area contributed by atoms with E-state index in [0.29, 0.717) is 79.0 Å². The largest absolute Gasteiger partial charge is 0.497 e. The second-order valence-corrected chi connectivity index (χ2v) is 17.5. The predicted octanol–water partition coefficient (Wildman–Crippen LogP) is 8.70. The topological polar surface area (TPSA) is 159 Å². The first-order valence-electron chi connectivity index (χ1n) is 21.8. The lowest BCUT2D eigenvalue weighted by Gasteiger charge is -2.29. The number of fused-ring (bicyclic) bond motifs is 2. The maximum atomic E-state index is 14.0. The number of rotatable bonds is 20. The second kappa shape index (κ2) is 20.1. The second-order valence-electron chi connectivity index (χ2n) is 17.5. The highest BCUT2D eigenvalue weighted by atomic mass is 16.5. The number of benzene rings is 4. The molecular formula is C51H60N6O8. The Kier molecular flexibility index (Phi) is 14.4. The minimum absolute atomic E-state index is 0.160. The van der Waals surface area contributed by atoms with Crippen LogP contribution >= 0.6 is 0 Å². The summed E-state index contributed by atoms with van der Waals surface area (Å²) in [5, 5.41) is 0. The molecule has 3 N–H and O–H groups in total. The highest BCUT2D eigenvalue weighted by molar-refractivity contribution is 6.05. The van der Waals surface area contributed by atoms with Crippen LogP contribution in [-0.2, 0) is 15.1 Å². The van der Waals surface area contributed by atoms with Gasteiger partial charge in [-0.25, -0.2) is 0 Å². The van der Waals surface area contributed by atoms with Gasteiger partial charge in [0, 0.05) is 68.4 Å². The summed E-state index contributed by atoms with van der Waals surface area (Å²) in [7, 11) is 4.78. The van der Waals surface area contributed by atoms with Crippen molar-refractivity contribution in [3.63, 3.8) is 0 Å². The minimum Gasteiger partial charge on any atom is -0.497 e. The first-order chi connectivity index (χ1) is 31.3. The molecule has 0 fully saturated rings. The number of nitrogens with one attached hydrogen (secondary N) is 1. The summed E-state index contributed by atoms with van der Waals surface area (Å²) in [6.45, 7) is 11.4. The third-order valence-corrected chi connectivity index (χ3v) is 12.1. The molecule has 4 aromatic carbocycles. The van der Waals surface area contributed by atoms with Crippen molar-refractivity contribution >= 4 is 47.3 Å². The van der Waals surface area contributed by atoms with E-state index in [1.165, 1.54) is 0 Å². The third kappa shape index (κ3) is 10.7. The predicted molar refractivity (Wildman–Crippen MR) is 254 cm³/mol. The van der Waals surface area contributed by atoms with E-state index in [9.17, 15) is 9.59 Å². The van der Waals surface area contributed by atoms with Crippen molar-refractivity contribution < 1.29 is 38.0 Å². The van der Waals surface area contributed by atoms with Gasteiger partial charge in [0.25, 0.3) is 5.91 Å². The van der Waals surface area contributed by atoms with Gasteiger partial charge in [-0.15, -0.1) is 0 Å². The number of aryl methyl sites for hydroxylation is 1. The number of methoxy groups -OCH3 is 3. The summed E-state index contributed by atoms with van der Waals surface area (Å²) in [6, 6.07) is 22.8. The lowest BCUT2D eigenvalue weighted by atomic mass is 9.94. The first kappa shape index (κ1) is 46.5. The number of ether oxygens (including phenoxy) is 6. The van der Waals surface area contributed by atoms with Crippen LogP contribution in [0.2, 0.25) is 0 Å². The van der Waals surface area contributed by atoms with Gasteiger partial charge in [0.05, 0.1) is 69.2 Å². The Morgan fingerprint density at radius 2 is 1.46 bits per heavy atom. The highest BCUT2D eigenvalue weighted by Crippen LogP contribution is 2.41. The fourth-order valence-corrected chi connectivity index (χ4v) is 7.92. The molecule has 2 unspecified atom stereocenters. The third-order valence-electron chi connectivity index (χ3n) is 12.1. The molecule has 14 nitrogen and oxygen atoms in total. The summed E-state index contributed by atoms with van der Waals surface area (Å²) in [4.78, 5) is 38.9. The number of hydrogen-bond acceptors (Lipinski definition) is 12. The van der Waals surface area contributed by atoms with Crippen LogP contribution in [0.5, 0.6) is 28.7 Å². The van der Waals surface area contributed by atoms with E-state index in [1.54, 1.807) is 49.5 Å². The van der Waals surface area contributed by atoms with Gasteiger partial charge in [0.2, 0.25) is 6.41 Å². The summed E-state index contributed by atoms with van der Waals surface area (Å²) < 4.78 is 35.3. The zero-order valence-electron chi connectivity index (χ0n) is 38.6. The van der Waals surface area contributed by atoms with Crippen molar-refractivity contribution in [1.82, 2.24) is 15.2 Å². The number of aliphatic imine (C=N–C) groups is 2. The SMILES string of the molecule is COc1ccc(C2=CN(C=O)C(C=Nc3cc(OCCCOc4cc5c(cc4OC)C(=O)N4C=C(c6ccc(C(C)(C)OCCC(C)(C)NN)cc6)CC4C=N5)c(OC)cc3C)C2)cc1. The van der Waals surface area contributed by atoms with E-state index in [2.05, 4.69) is 43.5 Å².